The Kier molecular flexibility index (Phi) is 4.94. The molecular formula is C11H21NO2. The number of hydrogen-bond acceptors (Lipinski definition) is 3. The summed E-state index contributed by atoms with van der Waals surface area (Å²) in [5.41, 5.74) is 0. The highest BCUT2D eigenvalue weighted by Gasteiger charge is 2.22. The summed E-state index contributed by atoms with van der Waals surface area (Å²) in [6.07, 6.45) is 3.99. The van der Waals surface area contributed by atoms with Crippen LogP contribution in [0.15, 0.2) is 0 Å². The van der Waals surface area contributed by atoms with Gasteiger partial charge in [0, 0.05) is 12.5 Å². The van der Waals surface area contributed by atoms with Gasteiger partial charge in [-0.15, -0.1) is 0 Å². The lowest BCUT2D eigenvalue weighted by Crippen LogP contribution is -2.45. The maximum Gasteiger partial charge on any atom is 0.305 e. The van der Waals surface area contributed by atoms with Crippen LogP contribution in [-0.2, 0) is 9.53 Å². The smallest absolute Gasteiger partial charge is 0.305 e. The molecule has 1 atom stereocenters. The normalized spacial score (nSPS) is 21.7. The lowest BCUT2D eigenvalue weighted by molar-refractivity contribution is -0.143. The van der Waals surface area contributed by atoms with E-state index in [0.717, 1.165) is 25.4 Å². The quantitative estimate of drug-likeness (QED) is 0.482. The summed E-state index contributed by atoms with van der Waals surface area (Å²) < 4.78 is 4.86. The average Bonchev–Trinajstić information content (AvgIpc) is 2.15. The van der Waals surface area contributed by atoms with Crippen molar-refractivity contribution in [2.45, 2.75) is 45.6 Å². The Bertz CT molecular complexity index is 182. The zero-order valence-electron chi connectivity index (χ0n) is 9.29. The monoisotopic (exact) mass is 199 g/mol. The van der Waals surface area contributed by atoms with Gasteiger partial charge in [0.05, 0.1) is 6.61 Å². The van der Waals surface area contributed by atoms with Crippen LogP contribution in [0.1, 0.15) is 39.5 Å². The maximum absolute atomic E-state index is 11.0. The number of unbranched alkanes of at least 4 members (excludes halogenated alkanes) is 1. The molecule has 0 spiro atoms. The predicted molar refractivity (Wildman–Crippen MR) is 56.1 cm³/mol. The van der Waals surface area contributed by atoms with Gasteiger partial charge in [0.15, 0.2) is 0 Å². The molecule has 1 aliphatic rings. The van der Waals surface area contributed by atoms with Crippen LogP contribution in [0, 0.1) is 0 Å². The van der Waals surface area contributed by atoms with Crippen LogP contribution < -0.4 is 0 Å². The highest BCUT2D eigenvalue weighted by Crippen LogP contribution is 2.16. The van der Waals surface area contributed by atoms with Crippen molar-refractivity contribution in [2.75, 3.05) is 19.7 Å². The molecular weight excluding hydrogens is 178 g/mol. The zero-order chi connectivity index (χ0) is 10.4. The molecule has 1 rings (SSSR count). The molecule has 1 aliphatic heterocycles. The minimum Gasteiger partial charge on any atom is -0.466 e. The maximum atomic E-state index is 11.0. The van der Waals surface area contributed by atoms with Gasteiger partial charge in [0.1, 0.15) is 0 Å². The van der Waals surface area contributed by atoms with Gasteiger partial charge in [-0.1, -0.05) is 0 Å². The molecule has 0 aliphatic carbocycles. The van der Waals surface area contributed by atoms with Crippen molar-refractivity contribution in [3.63, 3.8) is 0 Å². The van der Waals surface area contributed by atoms with Crippen molar-refractivity contribution in [3.8, 4) is 0 Å². The summed E-state index contributed by atoms with van der Waals surface area (Å²) in [6.45, 7) is 6.98. The molecule has 0 aromatic heterocycles. The second kappa shape index (κ2) is 6.02. The van der Waals surface area contributed by atoms with E-state index in [4.69, 9.17) is 4.74 Å². The fourth-order valence-electron chi connectivity index (χ4n) is 1.72. The number of carbonyl (C=O) groups excluding carboxylic acids is 1. The standard InChI is InChI=1S/C11H21NO2/c1-3-14-11(13)6-4-5-8-12-9-7-10(12)2/h10H,3-9H2,1-2H3/t10-/m1/s1. The van der Waals surface area contributed by atoms with Crippen molar-refractivity contribution in [1.29, 1.82) is 0 Å². The minimum atomic E-state index is -0.0517. The van der Waals surface area contributed by atoms with Gasteiger partial charge >= 0.3 is 5.97 Å². The van der Waals surface area contributed by atoms with E-state index in [1.165, 1.54) is 13.0 Å². The lowest BCUT2D eigenvalue weighted by Gasteiger charge is -2.38. The molecule has 0 amide bonds. The largest absolute Gasteiger partial charge is 0.466 e. The molecule has 0 N–H and O–H groups in total. The first-order valence-electron chi connectivity index (χ1n) is 5.63. The van der Waals surface area contributed by atoms with E-state index in [1.807, 2.05) is 6.92 Å². The topological polar surface area (TPSA) is 29.5 Å². The number of likely N-dealkylation sites (tertiary alicyclic amines) is 1. The number of nitrogens with zero attached hydrogens (tertiary/aromatic N) is 1. The molecule has 0 bridgehead atoms. The van der Waals surface area contributed by atoms with Gasteiger partial charge in [-0.2, -0.15) is 0 Å². The first-order chi connectivity index (χ1) is 6.74. The molecule has 0 saturated carbocycles. The number of carbonyl (C=O) groups is 1. The highest BCUT2D eigenvalue weighted by molar-refractivity contribution is 5.69. The molecule has 0 aromatic carbocycles. The molecule has 0 aromatic rings. The number of ether oxygens (including phenoxy) is 1. The van der Waals surface area contributed by atoms with Crippen molar-refractivity contribution >= 4 is 5.97 Å². The average molecular weight is 199 g/mol. The molecule has 0 unspecified atom stereocenters. The van der Waals surface area contributed by atoms with Gasteiger partial charge in [-0.25, -0.2) is 0 Å². The van der Waals surface area contributed by atoms with Crippen LogP contribution in [0.2, 0.25) is 0 Å². The molecule has 1 heterocycles. The molecule has 3 heteroatoms. The minimum absolute atomic E-state index is 0.0517. The Balaban J connectivity index is 1.91. The van der Waals surface area contributed by atoms with Crippen molar-refractivity contribution < 1.29 is 9.53 Å². The SMILES string of the molecule is CCOC(=O)CCCCN1CC[C@H]1C. The fourth-order valence-corrected chi connectivity index (χ4v) is 1.72. The summed E-state index contributed by atoms with van der Waals surface area (Å²) in [5.74, 6) is -0.0517. The summed E-state index contributed by atoms with van der Waals surface area (Å²) in [6, 6.07) is 0.762. The van der Waals surface area contributed by atoms with E-state index in [1.54, 1.807) is 0 Å². The van der Waals surface area contributed by atoms with Crippen LogP contribution in [0.3, 0.4) is 0 Å². The first-order valence-corrected chi connectivity index (χ1v) is 5.63. The molecule has 82 valence electrons. The van der Waals surface area contributed by atoms with E-state index < -0.39 is 0 Å². The Morgan fingerprint density at radius 2 is 2.29 bits per heavy atom. The van der Waals surface area contributed by atoms with E-state index in [0.29, 0.717) is 13.0 Å². The summed E-state index contributed by atoms with van der Waals surface area (Å²) >= 11 is 0. The number of hydrogen-bond donors (Lipinski definition) is 0. The summed E-state index contributed by atoms with van der Waals surface area (Å²) in [7, 11) is 0. The van der Waals surface area contributed by atoms with Crippen LogP contribution in [0.4, 0.5) is 0 Å². The van der Waals surface area contributed by atoms with Crippen LogP contribution in [0.25, 0.3) is 0 Å². The first kappa shape index (κ1) is 11.5. The van der Waals surface area contributed by atoms with Gasteiger partial charge in [0.2, 0.25) is 0 Å². The second-order valence-corrected chi connectivity index (χ2v) is 3.94. The van der Waals surface area contributed by atoms with E-state index >= 15 is 0 Å². The van der Waals surface area contributed by atoms with Gasteiger partial charge in [-0.3, -0.25) is 4.79 Å². The van der Waals surface area contributed by atoms with Crippen molar-refractivity contribution in [1.82, 2.24) is 4.90 Å². The highest BCUT2D eigenvalue weighted by atomic mass is 16.5. The van der Waals surface area contributed by atoms with E-state index in [-0.39, 0.29) is 5.97 Å². The molecule has 1 fully saturated rings. The summed E-state index contributed by atoms with van der Waals surface area (Å²) in [5, 5.41) is 0. The Morgan fingerprint density at radius 1 is 1.50 bits per heavy atom. The third-order valence-electron chi connectivity index (χ3n) is 2.84. The van der Waals surface area contributed by atoms with Crippen molar-refractivity contribution in [3.05, 3.63) is 0 Å². The van der Waals surface area contributed by atoms with Gasteiger partial charge < -0.3 is 9.64 Å². The summed E-state index contributed by atoms with van der Waals surface area (Å²) in [4.78, 5) is 13.5. The number of esters is 1. The second-order valence-electron chi connectivity index (χ2n) is 3.94. The van der Waals surface area contributed by atoms with Gasteiger partial charge in [-0.05, 0) is 46.2 Å². The number of rotatable bonds is 6. The molecule has 14 heavy (non-hydrogen) atoms. The lowest BCUT2D eigenvalue weighted by atomic mass is 10.0. The zero-order valence-corrected chi connectivity index (χ0v) is 9.29. The Labute approximate surface area is 86.4 Å². The fraction of sp³-hybridized carbons (Fsp3) is 0.909. The van der Waals surface area contributed by atoms with Crippen LogP contribution >= 0.6 is 0 Å². The van der Waals surface area contributed by atoms with E-state index in [2.05, 4.69) is 11.8 Å². The van der Waals surface area contributed by atoms with Gasteiger partial charge in [0.25, 0.3) is 0 Å². The van der Waals surface area contributed by atoms with Crippen LogP contribution in [-0.4, -0.2) is 36.6 Å². The Morgan fingerprint density at radius 3 is 2.79 bits per heavy atom. The predicted octanol–water partition coefficient (Wildman–Crippen LogP) is 1.81. The van der Waals surface area contributed by atoms with Crippen LogP contribution in [0.5, 0.6) is 0 Å². The molecule has 1 saturated heterocycles. The Hall–Kier alpha value is -0.570. The third kappa shape index (κ3) is 3.66. The van der Waals surface area contributed by atoms with E-state index in [9.17, 15) is 4.79 Å². The molecule has 0 radical (unpaired) electrons. The third-order valence-corrected chi connectivity index (χ3v) is 2.84. The van der Waals surface area contributed by atoms with Crippen molar-refractivity contribution in [2.24, 2.45) is 0 Å². The molecule has 3 nitrogen and oxygen atoms in total.